The minimum absolute atomic E-state index is 0.0451. The Morgan fingerprint density at radius 3 is 2.95 bits per heavy atom. The van der Waals surface area contributed by atoms with Crippen molar-refractivity contribution in [1.29, 1.82) is 0 Å². The Labute approximate surface area is 124 Å². The van der Waals surface area contributed by atoms with Crippen LogP contribution in [0.2, 0.25) is 5.02 Å². The number of hydrogen-bond donors (Lipinski definition) is 1. The van der Waals surface area contributed by atoms with E-state index in [9.17, 15) is 0 Å². The van der Waals surface area contributed by atoms with E-state index < -0.39 is 0 Å². The molecule has 1 aromatic rings. The highest BCUT2D eigenvalue weighted by atomic mass is 35.5. The number of ether oxygens (including phenoxy) is 3. The van der Waals surface area contributed by atoms with Gasteiger partial charge < -0.3 is 24.8 Å². The lowest BCUT2D eigenvalue weighted by Crippen LogP contribution is -2.42. The van der Waals surface area contributed by atoms with Gasteiger partial charge in [-0.3, -0.25) is 0 Å². The van der Waals surface area contributed by atoms with E-state index in [0.717, 1.165) is 25.3 Å². The zero-order valence-electron chi connectivity index (χ0n) is 11.9. The molecule has 2 rings (SSSR count). The summed E-state index contributed by atoms with van der Waals surface area (Å²) in [5.74, 6) is 1.14. The summed E-state index contributed by atoms with van der Waals surface area (Å²) in [6.45, 7) is 3.38. The van der Waals surface area contributed by atoms with E-state index in [1.807, 2.05) is 6.07 Å². The smallest absolute Gasteiger partial charge is 0.179 e. The molecule has 0 aromatic heterocycles. The van der Waals surface area contributed by atoms with Crippen LogP contribution in [0.5, 0.6) is 11.5 Å². The molecular formula is C14H21ClN2O3. The van der Waals surface area contributed by atoms with Crippen LogP contribution >= 0.6 is 11.6 Å². The van der Waals surface area contributed by atoms with Crippen LogP contribution in [0.25, 0.3) is 0 Å². The molecule has 0 spiro atoms. The molecule has 1 aromatic carbocycles. The van der Waals surface area contributed by atoms with E-state index in [4.69, 9.17) is 31.5 Å². The minimum Gasteiger partial charge on any atom is -0.493 e. The predicted octanol–water partition coefficient (Wildman–Crippen LogP) is 1.52. The lowest BCUT2D eigenvalue weighted by Gasteiger charge is -2.30. The second kappa shape index (κ2) is 7.13. The number of likely N-dealkylation sites (N-methyl/N-ethyl adjacent to an activating group) is 1. The highest BCUT2D eigenvalue weighted by Crippen LogP contribution is 2.36. The Hall–Kier alpha value is -1.01. The molecule has 1 aliphatic rings. The van der Waals surface area contributed by atoms with E-state index in [1.54, 1.807) is 13.2 Å². The van der Waals surface area contributed by atoms with Crippen molar-refractivity contribution in [1.82, 2.24) is 4.90 Å². The van der Waals surface area contributed by atoms with Gasteiger partial charge in [0.1, 0.15) is 12.7 Å². The number of morpholine rings is 1. The van der Waals surface area contributed by atoms with Gasteiger partial charge in [-0.25, -0.2) is 0 Å². The second-order valence-electron chi connectivity index (χ2n) is 4.88. The maximum atomic E-state index is 6.23. The molecule has 0 aliphatic carbocycles. The summed E-state index contributed by atoms with van der Waals surface area (Å²) >= 11 is 6.23. The monoisotopic (exact) mass is 300 g/mol. The molecule has 5 nitrogen and oxygen atoms in total. The van der Waals surface area contributed by atoms with E-state index in [2.05, 4.69) is 11.9 Å². The molecule has 0 saturated carbocycles. The Kier molecular flexibility index (Phi) is 5.48. The number of hydrogen-bond acceptors (Lipinski definition) is 5. The SMILES string of the molecule is COc1cc(CN)cc(Cl)c1OCC1CN(C)CCO1. The Bertz CT molecular complexity index is 456. The van der Waals surface area contributed by atoms with Gasteiger partial charge >= 0.3 is 0 Å². The summed E-state index contributed by atoms with van der Waals surface area (Å²) in [5, 5.41) is 0.508. The molecule has 2 N–H and O–H groups in total. The van der Waals surface area contributed by atoms with Crippen LogP contribution in [0.3, 0.4) is 0 Å². The number of rotatable bonds is 5. The van der Waals surface area contributed by atoms with Gasteiger partial charge in [-0.1, -0.05) is 11.6 Å². The first-order valence-electron chi connectivity index (χ1n) is 6.63. The van der Waals surface area contributed by atoms with Gasteiger partial charge in [0.2, 0.25) is 0 Å². The summed E-state index contributed by atoms with van der Waals surface area (Å²) in [6, 6.07) is 3.64. The van der Waals surface area contributed by atoms with E-state index in [1.165, 1.54) is 0 Å². The molecule has 1 atom stereocenters. The zero-order valence-corrected chi connectivity index (χ0v) is 12.7. The molecular weight excluding hydrogens is 280 g/mol. The summed E-state index contributed by atoms with van der Waals surface area (Å²) in [4.78, 5) is 2.22. The summed E-state index contributed by atoms with van der Waals surface area (Å²) in [5.41, 5.74) is 6.53. The van der Waals surface area contributed by atoms with Crippen molar-refractivity contribution in [3.05, 3.63) is 22.7 Å². The lowest BCUT2D eigenvalue weighted by molar-refractivity contribution is -0.0406. The van der Waals surface area contributed by atoms with Crippen molar-refractivity contribution in [3.63, 3.8) is 0 Å². The molecule has 20 heavy (non-hydrogen) atoms. The van der Waals surface area contributed by atoms with Crippen LogP contribution in [0.4, 0.5) is 0 Å². The van der Waals surface area contributed by atoms with Crippen LogP contribution in [0, 0.1) is 0 Å². The fourth-order valence-electron chi connectivity index (χ4n) is 2.18. The minimum atomic E-state index is 0.0451. The van der Waals surface area contributed by atoms with E-state index in [0.29, 0.717) is 29.7 Å². The second-order valence-corrected chi connectivity index (χ2v) is 5.29. The molecule has 1 unspecified atom stereocenters. The van der Waals surface area contributed by atoms with Gasteiger partial charge in [-0.15, -0.1) is 0 Å². The van der Waals surface area contributed by atoms with Crippen molar-refractivity contribution in [2.75, 3.05) is 40.5 Å². The van der Waals surface area contributed by atoms with Crippen LogP contribution in [-0.2, 0) is 11.3 Å². The molecule has 0 amide bonds. The fourth-order valence-corrected chi connectivity index (χ4v) is 2.46. The number of methoxy groups -OCH3 is 1. The van der Waals surface area contributed by atoms with Crippen LogP contribution in [0.1, 0.15) is 5.56 Å². The van der Waals surface area contributed by atoms with Crippen molar-refractivity contribution in [2.45, 2.75) is 12.6 Å². The third-order valence-corrected chi connectivity index (χ3v) is 3.56. The quantitative estimate of drug-likeness (QED) is 0.893. The van der Waals surface area contributed by atoms with Gasteiger partial charge in [0.05, 0.1) is 18.7 Å². The Morgan fingerprint density at radius 2 is 2.30 bits per heavy atom. The van der Waals surface area contributed by atoms with Gasteiger partial charge in [0.15, 0.2) is 11.5 Å². The first-order valence-corrected chi connectivity index (χ1v) is 7.01. The Morgan fingerprint density at radius 1 is 1.50 bits per heavy atom. The van der Waals surface area contributed by atoms with Crippen molar-refractivity contribution in [3.8, 4) is 11.5 Å². The average Bonchev–Trinajstić information content (AvgIpc) is 2.45. The molecule has 1 saturated heterocycles. The normalized spacial score (nSPS) is 19.9. The van der Waals surface area contributed by atoms with Gasteiger partial charge in [0.25, 0.3) is 0 Å². The molecule has 6 heteroatoms. The Balaban J connectivity index is 2.04. The van der Waals surface area contributed by atoms with Crippen LogP contribution < -0.4 is 15.2 Å². The van der Waals surface area contributed by atoms with Crippen molar-refractivity contribution < 1.29 is 14.2 Å². The standard InChI is InChI=1S/C14H21ClN2O3/c1-17-3-4-19-11(8-17)9-20-14-12(15)5-10(7-16)6-13(14)18-2/h5-6,11H,3-4,7-9,16H2,1-2H3. The van der Waals surface area contributed by atoms with E-state index >= 15 is 0 Å². The van der Waals surface area contributed by atoms with Gasteiger partial charge in [0, 0.05) is 19.6 Å². The number of nitrogens with two attached hydrogens (primary N) is 1. The topological polar surface area (TPSA) is 57.0 Å². The summed E-state index contributed by atoms with van der Waals surface area (Å²) < 4.78 is 16.8. The molecule has 0 radical (unpaired) electrons. The van der Waals surface area contributed by atoms with Gasteiger partial charge in [-0.05, 0) is 24.7 Å². The maximum Gasteiger partial charge on any atom is 0.179 e. The molecule has 1 fully saturated rings. The molecule has 1 aliphatic heterocycles. The zero-order chi connectivity index (χ0) is 14.5. The van der Waals surface area contributed by atoms with Crippen molar-refractivity contribution in [2.24, 2.45) is 5.73 Å². The van der Waals surface area contributed by atoms with Crippen molar-refractivity contribution >= 4 is 11.6 Å². The average molecular weight is 301 g/mol. The molecule has 112 valence electrons. The molecule has 1 heterocycles. The largest absolute Gasteiger partial charge is 0.493 e. The van der Waals surface area contributed by atoms with Crippen LogP contribution in [-0.4, -0.2) is 51.5 Å². The lowest BCUT2D eigenvalue weighted by atomic mass is 10.2. The number of halogens is 1. The summed E-state index contributed by atoms with van der Waals surface area (Å²) in [6.07, 6.45) is 0.0451. The summed E-state index contributed by atoms with van der Waals surface area (Å²) in [7, 11) is 3.66. The van der Waals surface area contributed by atoms with Gasteiger partial charge in [-0.2, -0.15) is 0 Å². The van der Waals surface area contributed by atoms with E-state index in [-0.39, 0.29) is 6.10 Å². The molecule has 0 bridgehead atoms. The fraction of sp³-hybridized carbons (Fsp3) is 0.571. The predicted molar refractivity (Wildman–Crippen MR) is 78.6 cm³/mol. The number of nitrogens with zero attached hydrogens (tertiary/aromatic N) is 1. The first-order chi connectivity index (χ1) is 9.63. The third-order valence-electron chi connectivity index (χ3n) is 3.28. The highest BCUT2D eigenvalue weighted by Gasteiger charge is 2.20. The maximum absolute atomic E-state index is 6.23. The van der Waals surface area contributed by atoms with Crippen LogP contribution in [0.15, 0.2) is 12.1 Å². The number of benzene rings is 1. The first kappa shape index (κ1) is 15.4. The highest BCUT2D eigenvalue weighted by molar-refractivity contribution is 6.32. The third kappa shape index (κ3) is 3.76.